The van der Waals surface area contributed by atoms with Gasteiger partial charge in [0.1, 0.15) is 11.9 Å². The number of hydrogen-bond acceptors (Lipinski definition) is 7. The summed E-state index contributed by atoms with van der Waals surface area (Å²) in [7, 11) is 1.65. The van der Waals surface area contributed by atoms with E-state index in [0.29, 0.717) is 28.8 Å². The standard InChI is InChI=1S/C29H23Cl2N5O4S/c1-34-28(40)36(23-8-21(30)7-22(31)9-23)27(39)29(34)15-35(12-24-6-19(14-41-24)26(37)38)13-25(29)18-4-2-17(3-5-18)20-10-32-16-33-11-20/h2-11,14,16,25H,12-13,15H2,1H3,(H,37,38). The van der Waals surface area contributed by atoms with Crippen LogP contribution in [0.5, 0.6) is 0 Å². The lowest BCUT2D eigenvalue weighted by Gasteiger charge is -2.34. The van der Waals surface area contributed by atoms with Gasteiger partial charge in [0.15, 0.2) is 0 Å². The van der Waals surface area contributed by atoms with Crippen molar-refractivity contribution in [2.75, 3.05) is 25.0 Å². The molecule has 6 rings (SSSR count). The highest BCUT2D eigenvalue weighted by Gasteiger charge is 2.64. The summed E-state index contributed by atoms with van der Waals surface area (Å²) < 4.78 is 0. The third-order valence-electron chi connectivity index (χ3n) is 7.72. The number of anilines is 1. The van der Waals surface area contributed by atoms with E-state index in [-0.39, 0.29) is 23.9 Å². The molecule has 2 aromatic heterocycles. The summed E-state index contributed by atoms with van der Waals surface area (Å²) in [6.45, 7) is 1.17. The normalized spacial score (nSPS) is 20.9. The average Bonchev–Trinajstić information content (AvgIpc) is 3.63. The maximum Gasteiger partial charge on any atom is 0.336 e. The van der Waals surface area contributed by atoms with Gasteiger partial charge in [-0.2, -0.15) is 0 Å². The van der Waals surface area contributed by atoms with E-state index in [1.807, 2.05) is 24.3 Å². The SMILES string of the molecule is CN1C(=O)N(c2cc(Cl)cc(Cl)c2)C(=O)C12CN(Cc1cc(C(=O)O)cs1)CC2c1ccc(-c2cncnc2)cc1. The van der Waals surface area contributed by atoms with E-state index in [4.69, 9.17) is 23.2 Å². The van der Waals surface area contributed by atoms with Gasteiger partial charge in [0.25, 0.3) is 5.91 Å². The molecule has 2 aliphatic rings. The van der Waals surface area contributed by atoms with Crippen molar-refractivity contribution in [2.24, 2.45) is 0 Å². The number of aromatic carboxylic acids is 1. The lowest BCUT2D eigenvalue weighted by atomic mass is 9.80. The number of likely N-dealkylation sites (N-methyl/N-ethyl adjacent to an activating group) is 1. The molecule has 2 saturated heterocycles. The molecule has 2 aliphatic heterocycles. The third kappa shape index (κ3) is 4.76. The molecule has 41 heavy (non-hydrogen) atoms. The first kappa shape index (κ1) is 27.3. The quantitative estimate of drug-likeness (QED) is 0.282. The number of carbonyl (C=O) groups excluding carboxylic acids is 2. The zero-order valence-corrected chi connectivity index (χ0v) is 24.0. The van der Waals surface area contributed by atoms with Gasteiger partial charge in [0.05, 0.1) is 11.3 Å². The fourth-order valence-corrected chi connectivity index (χ4v) is 7.19. The van der Waals surface area contributed by atoms with Crippen molar-refractivity contribution in [1.82, 2.24) is 19.8 Å². The van der Waals surface area contributed by atoms with Crippen molar-refractivity contribution < 1.29 is 19.5 Å². The van der Waals surface area contributed by atoms with Crippen molar-refractivity contribution >= 4 is 58.1 Å². The minimum absolute atomic E-state index is 0.226. The smallest absolute Gasteiger partial charge is 0.336 e. The molecule has 0 saturated carbocycles. The molecule has 2 aromatic carbocycles. The molecule has 0 aliphatic carbocycles. The lowest BCUT2D eigenvalue weighted by Crippen LogP contribution is -2.53. The molecular formula is C29H23Cl2N5O4S. The largest absolute Gasteiger partial charge is 0.478 e. The summed E-state index contributed by atoms with van der Waals surface area (Å²) in [5.74, 6) is -1.73. The van der Waals surface area contributed by atoms with Crippen molar-refractivity contribution in [1.29, 1.82) is 0 Å². The Kier molecular flexibility index (Phi) is 7.03. The van der Waals surface area contributed by atoms with Gasteiger partial charge in [-0.1, -0.05) is 47.5 Å². The number of likely N-dealkylation sites (tertiary alicyclic amines) is 1. The Hall–Kier alpha value is -3.83. The number of imide groups is 1. The number of amides is 3. The highest BCUT2D eigenvalue weighted by Crippen LogP contribution is 2.47. The molecule has 9 nitrogen and oxygen atoms in total. The number of hydrogen-bond donors (Lipinski definition) is 1. The van der Waals surface area contributed by atoms with Gasteiger partial charge in [0.2, 0.25) is 0 Å². The average molecular weight is 609 g/mol. The molecule has 2 atom stereocenters. The first-order chi connectivity index (χ1) is 19.7. The van der Waals surface area contributed by atoms with Crippen LogP contribution >= 0.6 is 34.5 Å². The number of carbonyl (C=O) groups is 3. The van der Waals surface area contributed by atoms with E-state index >= 15 is 0 Å². The van der Waals surface area contributed by atoms with Crippen molar-refractivity contribution in [3.63, 3.8) is 0 Å². The van der Waals surface area contributed by atoms with Crippen LogP contribution in [0, 0.1) is 0 Å². The van der Waals surface area contributed by atoms with E-state index in [9.17, 15) is 19.5 Å². The number of nitrogens with zero attached hydrogens (tertiary/aromatic N) is 5. The zero-order chi connectivity index (χ0) is 28.9. The number of aromatic nitrogens is 2. The van der Waals surface area contributed by atoms with Crippen molar-refractivity contribution in [3.05, 3.63) is 98.7 Å². The summed E-state index contributed by atoms with van der Waals surface area (Å²) in [5.41, 5.74) is 2.00. The van der Waals surface area contributed by atoms with Gasteiger partial charge in [-0.25, -0.2) is 24.5 Å². The Morgan fingerprint density at radius 1 is 1.05 bits per heavy atom. The summed E-state index contributed by atoms with van der Waals surface area (Å²) >= 11 is 13.8. The number of urea groups is 1. The van der Waals surface area contributed by atoms with Crippen LogP contribution in [0.4, 0.5) is 10.5 Å². The highest BCUT2D eigenvalue weighted by atomic mass is 35.5. The van der Waals surface area contributed by atoms with Crippen LogP contribution in [0.15, 0.2) is 72.6 Å². The second kappa shape index (κ2) is 10.5. The molecule has 2 unspecified atom stereocenters. The van der Waals surface area contributed by atoms with Crippen LogP contribution in [-0.2, 0) is 11.3 Å². The molecule has 12 heteroatoms. The molecule has 1 spiro atoms. The Balaban J connectivity index is 1.40. The number of thiophene rings is 1. The van der Waals surface area contributed by atoms with Gasteiger partial charge in [0, 0.05) is 70.9 Å². The van der Waals surface area contributed by atoms with Crippen LogP contribution in [0.3, 0.4) is 0 Å². The molecule has 208 valence electrons. The van der Waals surface area contributed by atoms with E-state index < -0.39 is 17.5 Å². The van der Waals surface area contributed by atoms with Crippen LogP contribution < -0.4 is 4.90 Å². The van der Waals surface area contributed by atoms with Gasteiger partial charge >= 0.3 is 12.0 Å². The second-order valence-electron chi connectivity index (χ2n) is 10.1. The Morgan fingerprint density at radius 3 is 2.37 bits per heavy atom. The molecule has 4 heterocycles. The first-order valence-corrected chi connectivity index (χ1v) is 14.3. The van der Waals surface area contributed by atoms with E-state index in [1.165, 1.54) is 22.6 Å². The van der Waals surface area contributed by atoms with E-state index in [1.54, 1.807) is 49.1 Å². The number of benzene rings is 2. The molecule has 3 amide bonds. The van der Waals surface area contributed by atoms with E-state index in [0.717, 1.165) is 26.5 Å². The van der Waals surface area contributed by atoms with Crippen LogP contribution in [0.25, 0.3) is 11.1 Å². The van der Waals surface area contributed by atoms with E-state index in [2.05, 4.69) is 14.9 Å². The van der Waals surface area contributed by atoms with Crippen LogP contribution in [0.2, 0.25) is 10.0 Å². The fraction of sp³-hybridized carbons (Fsp3) is 0.207. The zero-order valence-electron chi connectivity index (χ0n) is 21.7. The number of halogens is 2. The summed E-state index contributed by atoms with van der Waals surface area (Å²) in [5, 5.41) is 11.6. The predicted octanol–water partition coefficient (Wildman–Crippen LogP) is 5.65. The Labute approximate surface area is 249 Å². The van der Waals surface area contributed by atoms with Gasteiger partial charge in [-0.3, -0.25) is 9.69 Å². The molecule has 4 aromatic rings. The minimum atomic E-state index is -1.21. The van der Waals surface area contributed by atoms with Gasteiger partial charge in [-0.15, -0.1) is 11.3 Å². The molecule has 1 N–H and O–H groups in total. The topological polar surface area (TPSA) is 107 Å². The van der Waals surface area contributed by atoms with Crippen molar-refractivity contribution in [2.45, 2.75) is 18.0 Å². The monoisotopic (exact) mass is 607 g/mol. The van der Waals surface area contributed by atoms with Crippen LogP contribution in [-0.4, -0.2) is 68.5 Å². The molecule has 0 radical (unpaired) electrons. The number of rotatable bonds is 6. The highest BCUT2D eigenvalue weighted by molar-refractivity contribution is 7.10. The second-order valence-corrected chi connectivity index (χ2v) is 12.0. The molecule has 2 fully saturated rings. The maximum absolute atomic E-state index is 14.4. The Morgan fingerprint density at radius 2 is 1.73 bits per heavy atom. The summed E-state index contributed by atoms with van der Waals surface area (Å²) in [6.07, 6.45) is 4.93. The number of carboxylic acids is 1. The molecular weight excluding hydrogens is 585 g/mol. The van der Waals surface area contributed by atoms with Crippen LogP contribution in [0.1, 0.15) is 26.7 Å². The maximum atomic E-state index is 14.4. The fourth-order valence-electron chi connectivity index (χ4n) is 5.78. The third-order valence-corrected chi connectivity index (χ3v) is 9.08. The Bertz CT molecular complexity index is 1650. The minimum Gasteiger partial charge on any atom is -0.478 e. The summed E-state index contributed by atoms with van der Waals surface area (Å²) in [6, 6.07) is 13.7. The lowest BCUT2D eigenvalue weighted by molar-refractivity contribution is -0.124. The van der Waals surface area contributed by atoms with Gasteiger partial charge in [-0.05, 0) is 35.4 Å². The number of carboxylic acid groups (broad SMARTS) is 1. The molecule has 0 bridgehead atoms. The predicted molar refractivity (Wildman–Crippen MR) is 157 cm³/mol. The first-order valence-electron chi connectivity index (χ1n) is 12.6. The van der Waals surface area contributed by atoms with Crippen molar-refractivity contribution in [3.8, 4) is 11.1 Å². The van der Waals surface area contributed by atoms with Gasteiger partial charge < -0.3 is 10.0 Å². The summed E-state index contributed by atoms with van der Waals surface area (Å²) in [4.78, 5) is 53.3.